The lowest BCUT2D eigenvalue weighted by Gasteiger charge is -2.17. The van der Waals surface area contributed by atoms with E-state index in [1.807, 2.05) is 6.92 Å². The molecule has 0 aromatic heterocycles. The Bertz CT molecular complexity index is 172. The van der Waals surface area contributed by atoms with Gasteiger partial charge in [-0.3, -0.25) is 0 Å². The highest BCUT2D eigenvalue weighted by molar-refractivity contribution is 4.85. The number of aliphatic hydroxyl groups excluding tert-OH is 2. The molecule has 1 aliphatic rings. The van der Waals surface area contributed by atoms with Crippen LogP contribution in [-0.2, 0) is 4.74 Å². The fraction of sp³-hybridized carbons (Fsp3) is 1.00. The highest BCUT2D eigenvalue weighted by atomic mass is 16.5. The molecule has 1 heterocycles. The molecule has 1 fully saturated rings. The van der Waals surface area contributed by atoms with Crippen LogP contribution in [-0.4, -0.2) is 34.6 Å². The lowest BCUT2D eigenvalue weighted by Crippen LogP contribution is -2.25. The van der Waals surface area contributed by atoms with Crippen LogP contribution in [0.25, 0.3) is 0 Å². The first-order chi connectivity index (χ1) is 7.19. The van der Waals surface area contributed by atoms with Crippen molar-refractivity contribution in [3.05, 3.63) is 0 Å². The third-order valence-corrected chi connectivity index (χ3v) is 3.19. The molecular formula is C12H24O3. The highest BCUT2D eigenvalue weighted by Gasteiger charge is 2.36. The molecule has 90 valence electrons. The largest absolute Gasteiger partial charge is 0.390 e. The quantitative estimate of drug-likeness (QED) is 0.666. The summed E-state index contributed by atoms with van der Waals surface area (Å²) in [4.78, 5) is 0. The molecule has 0 aromatic rings. The van der Waals surface area contributed by atoms with Gasteiger partial charge in [0.15, 0.2) is 0 Å². The third kappa shape index (κ3) is 3.74. The maximum Gasteiger partial charge on any atom is 0.0864 e. The van der Waals surface area contributed by atoms with E-state index in [0.717, 1.165) is 12.8 Å². The van der Waals surface area contributed by atoms with Crippen molar-refractivity contribution in [1.82, 2.24) is 0 Å². The minimum atomic E-state index is -0.421. The second-order valence-corrected chi connectivity index (χ2v) is 4.49. The monoisotopic (exact) mass is 216 g/mol. The Morgan fingerprint density at radius 1 is 1.33 bits per heavy atom. The summed E-state index contributed by atoms with van der Waals surface area (Å²) in [6.07, 6.45) is 4.67. The maximum atomic E-state index is 9.77. The van der Waals surface area contributed by atoms with Crippen molar-refractivity contribution in [2.45, 2.75) is 76.8 Å². The Kier molecular flexibility index (Phi) is 5.58. The molecule has 4 atom stereocenters. The predicted molar refractivity (Wildman–Crippen MR) is 59.7 cm³/mol. The summed E-state index contributed by atoms with van der Waals surface area (Å²) >= 11 is 0. The number of hydrogen-bond acceptors (Lipinski definition) is 3. The molecular weight excluding hydrogens is 192 g/mol. The zero-order chi connectivity index (χ0) is 11.3. The van der Waals surface area contributed by atoms with E-state index in [1.54, 1.807) is 0 Å². The van der Waals surface area contributed by atoms with Crippen LogP contribution in [0.15, 0.2) is 0 Å². The van der Waals surface area contributed by atoms with E-state index in [-0.39, 0.29) is 18.3 Å². The Morgan fingerprint density at radius 2 is 2.07 bits per heavy atom. The molecule has 0 aliphatic carbocycles. The molecule has 0 aromatic carbocycles. The van der Waals surface area contributed by atoms with Crippen LogP contribution in [0.3, 0.4) is 0 Å². The fourth-order valence-corrected chi connectivity index (χ4v) is 2.13. The molecule has 0 bridgehead atoms. The summed E-state index contributed by atoms with van der Waals surface area (Å²) in [5.74, 6) is 0. The van der Waals surface area contributed by atoms with Crippen LogP contribution >= 0.6 is 0 Å². The standard InChI is InChI=1S/C12H24O3/c1-3-5-6-7-11-10(14)8-12(15-11)9(13)4-2/h9-14H,3-8H2,1-2H3/t9-,10+,11+,12+/m1/s1. The first-order valence-electron chi connectivity index (χ1n) is 6.20. The summed E-state index contributed by atoms with van der Waals surface area (Å²) in [6.45, 7) is 4.10. The van der Waals surface area contributed by atoms with E-state index in [1.165, 1.54) is 12.8 Å². The minimum Gasteiger partial charge on any atom is -0.390 e. The molecule has 0 spiro atoms. The van der Waals surface area contributed by atoms with Gasteiger partial charge in [-0.25, -0.2) is 0 Å². The van der Waals surface area contributed by atoms with Gasteiger partial charge >= 0.3 is 0 Å². The first-order valence-corrected chi connectivity index (χ1v) is 6.20. The molecule has 15 heavy (non-hydrogen) atoms. The van der Waals surface area contributed by atoms with Crippen molar-refractivity contribution >= 4 is 0 Å². The summed E-state index contributed by atoms with van der Waals surface area (Å²) < 4.78 is 5.67. The van der Waals surface area contributed by atoms with Crippen LogP contribution in [0.1, 0.15) is 52.4 Å². The molecule has 0 unspecified atom stereocenters. The van der Waals surface area contributed by atoms with Crippen LogP contribution in [0.5, 0.6) is 0 Å². The number of hydrogen-bond donors (Lipinski definition) is 2. The molecule has 2 N–H and O–H groups in total. The molecule has 0 amide bonds. The summed E-state index contributed by atoms with van der Waals surface area (Å²) in [5, 5.41) is 19.4. The fourth-order valence-electron chi connectivity index (χ4n) is 2.13. The summed E-state index contributed by atoms with van der Waals surface area (Å²) in [5.41, 5.74) is 0. The zero-order valence-corrected chi connectivity index (χ0v) is 9.85. The highest BCUT2D eigenvalue weighted by Crippen LogP contribution is 2.27. The number of rotatable bonds is 6. The number of aliphatic hydroxyl groups is 2. The average Bonchev–Trinajstić information content (AvgIpc) is 2.60. The predicted octanol–water partition coefficient (Wildman–Crippen LogP) is 1.86. The van der Waals surface area contributed by atoms with Crippen LogP contribution in [0.2, 0.25) is 0 Å². The first kappa shape index (κ1) is 12.9. The van der Waals surface area contributed by atoms with Crippen LogP contribution < -0.4 is 0 Å². The van der Waals surface area contributed by atoms with Crippen molar-refractivity contribution in [1.29, 1.82) is 0 Å². The van der Waals surface area contributed by atoms with Gasteiger partial charge in [0.05, 0.1) is 24.4 Å². The Balaban J connectivity index is 2.29. The molecule has 1 rings (SSSR count). The Morgan fingerprint density at radius 3 is 2.67 bits per heavy atom. The van der Waals surface area contributed by atoms with Gasteiger partial charge in [0.25, 0.3) is 0 Å². The second-order valence-electron chi connectivity index (χ2n) is 4.49. The van der Waals surface area contributed by atoms with E-state index in [0.29, 0.717) is 12.8 Å². The van der Waals surface area contributed by atoms with Gasteiger partial charge in [-0.15, -0.1) is 0 Å². The third-order valence-electron chi connectivity index (χ3n) is 3.19. The minimum absolute atomic E-state index is 0.0530. The Labute approximate surface area is 92.4 Å². The molecule has 0 saturated carbocycles. The molecule has 3 heteroatoms. The molecule has 3 nitrogen and oxygen atoms in total. The molecule has 1 aliphatic heterocycles. The number of unbranched alkanes of at least 4 members (excludes halogenated alkanes) is 2. The topological polar surface area (TPSA) is 49.7 Å². The van der Waals surface area contributed by atoms with Gasteiger partial charge < -0.3 is 14.9 Å². The maximum absolute atomic E-state index is 9.77. The van der Waals surface area contributed by atoms with Gasteiger partial charge in [0, 0.05) is 6.42 Å². The zero-order valence-electron chi connectivity index (χ0n) is 9.85. The van der Waals surface area contributed by atoms with Crippen LogP contribution in [0, 0.1) is 0 Å². The lowest BCUT2D eigenvalue weighted by atomic mass is 10.0. The van der Waals surface area contributed by atoms with E-state index < -0.39 is 6.10 Å². The Hall–Kier alpha value is -0.120. The van der Waals surface area contributed by atoms with Crippen molar-refractivity contribution in [3.8, 4) is 0 Å². The molecule has 1 saturated heterocycles. The van der Waals surface area contributed by atoms with Crippen LogP contribution in [0.4, 0.5) is 0 Å². The van der Waals surface area contributed by atoms with Gasteiger partial charge in [-0.1, -0.05) is 33.1 Å². The second kappa shape index (κ2) is 6.46. The van der Waals surface area contributed by atoms with E-state index >= 15 is 0 Å². The van der Waals surface area contributed by atoms with Gasteiger partial charge in [-0.2, -0.15) is 0 Å². The average molecular weight is 216 g/mol. The van der Waals surface area contributed by atoms with Crippen molar-refractivity contribution < 1.29 is 14.9 Å². The normalized spacial score (nSPS) is 33.2. The number of ether oxygens (including phenoxy) is 1. The molecule has 0 radical (unpaired) electrons. The van der Waals surface area contributed by atoms with E-state index in [2.05, 4.69) is 6.92 Å². The van der Waals surface area contributed by atoms with Crippen molar-refractivity contribution in [2.24, 2.45) is 0 Å². The van der Waals surface area contributed by atoms with Crippen molar-refractivity contribution in [3.63, 3.8) is 0 Å². The van der Waals surface area contributed by atoms with E-state index in [4.69, 9.17) is 4.74 Å². The summed E-state index contributed by atoms with van der Waals surface area (Å²) in [6, 6.07) is 0. The SMILES string of the molecule is CCCCC[C@@H]1O[C@H]([C@H](O)CC)C[C@@H]1O. The summed E-state index contributed by atoms with van der Waals surface area (Å²) in [7, 11) is 0. The smallest absolute Gasteiger partial charge is 0.0864 e. The van der Waals surface area contributed by atoms with Crippen molar-refractivity contribution in [2.75, 3.05) is 0 Å². The van der Waals surface area contributed by atoms with Gasteiger partial charge in [0.1, 0.15) is 0 Å². The van der Waals surface area contributed by atoms with E-state index in [9.17, 15) is 10.2 Å². The van der Waals surface area contributed by atoms with Gasteiger partial charge in [-0.05, 0) is 12.8 Å². The van der Waals surface area contributed by atoms with Gasteiger partial charge in [0.2, 0.25) is 0 Å². The lowest BCUT2D eigenvalue weighted by molar-refractivity contribution is -0.0478.